The lowest BCUT2D eigenvalue weighted by Crippen LogP contribution is -2.25. The van der Waals surface area contributed by atoms with Gasteiger partial charge in [0.05, 0.1) is 11.3 Å². The molecule has 0 aliphatic heterocycles. The maximum atomic E-state index is 12.0. The van der Waals surface area contributed by atoms with Crippen molar-refractivity contribution in [2.75, 3.05) is 0 Å². The van der Waals surface area contributed by atoms with Crippen LogP contribution in [0.25, 0.3) is 5.82 Å². The van der Waals surface area contributed by atoms with E-state index in [1.165, 1.54) is 23.4 Å². The Kier molecular flexibility index (Phi) is 4.74. The molecule has 0 saturated heterocycles. The van der Waals surface area contributed by atoms with Crippen LogP contribution in [0.3, 0.4) is 0 Å². The topological polar surface area (TPSA) is 116 Å². The summed E-state index contributed by atoms with van der Waals surface area (Å²) < 4.78 is 1.52. The normalized spacial score (nSPS) is 10.4. The van der Waals surface area contributed by atoms with Crippen LogP contribution in [0, 0.1) is 10.1 Å². The summed E-state index contributed by atoms with van der Waals surface area (Å²) in [4.78, 5) is 30.6. The number of hydrogen-bond donors (Lipinski definition) is 1. The van der Waals surface area contributed by atoms with Crippen molar-refractivity contribution in [3.05, 3.63) is 76.5 Å². The molecule has 9 heteroatoms. The van der Waals surface area contributed by atoms with Gasteiger partial charge in [0.1, 0.15) is 12.7 Å². The zero-order valence-electron chi connectivity index (χ0n) is 13.1. The van der Waals surface area contributed by atoms with Gasteiger partial charge in [-0.3, -0.25) is 14.9 Å². The molecular formula is C16H14N6O3. The Morgan fingerprint density at radius 2 is 2.08 bits per heavy atom. The van der Waals surface area contributed by atoms with Gasteiger partial charge >= 0.3 is 0 Å². The zero-order chi connectivity index (χ0) is 17.6. The Morgan fingerprint density at radius 3 is 2.76 bits per heavy atom. The van der Waals surface area contributed by atoms with Crippen molar-refractivity contribution in [3.63, 3.8) is 0 Å². The molecule has 1 N–H and O–H groups in total. The first-order valence-corrected chi connectivity index (χ1v) is 7.42. The van der Waals surface area contributed by atoms with Crippen LogP contribution in [0.5, 0.6) is 0 Å². The quantitative estimate of drug-likeness (QED) is 0.537. The van der Waals surface area contributed by atoms with Gasteiger partial charge in [0, 0.05) is 24.4 Å². The fourth-order valence-corrected chi connectivity index (χ4v) is 2.26. The van der Waals surface area contributed by atoms with E-state index in [-0.39, 0.29) is 24.6 Å². The van der Waals surface area contributed by atoms with Crippen molar-refractivity contribution < 1.29 is 9.72 Å². The molecule has 0 fully saturated rings. The van der Waals surface area contributed by atoms with E-state index >= 15 is 0 Å². The molecular weight excluding hydrogens is 324 g/mol. The number of nitro benzene ring substituents is 1. The molecule has 3 rings (SSSR count). The summed E-state index contributed by atoms with van der Waals surface area (Å²) in [5, 5.41) is 17.7. The Balaban J connectivity index is 1.58. The molecule has 2 aromatic heterocycles. The Bertz CT molecular complexity index is 877. The Morgan fingerprint density at radius 1 is 1.24 bits per heavy atom. The predicted molar refractivity (Wildman–Crippen MR) is 87.8 cm³/mol. The molecule has 9 nitrogen and oxygen atoms in total. The van der Waals surface area contributed by atoms with Crippen LogP contribution in [0.2, 0.25) is 0 Å². The number of hydrogen-bond acceptors (Lipinski definition) is 6. The smallest absolute Gasteiger partial charge is 0.273 e. The lowest BCUT2D eigenvalue weighted by molar-refractivity contribution is -0.385. The maximum Gasteiger partial charge on any atom is 0.273 e. The number of benzene rings is 1. The Hall–Kier alpha value is -3.62. The second-order valence-corrected chi connectivity index (χ2v) is 5.20. The molecule has 0 saturated carbocycles. The van der Waals surface area contributed by atoms with Gasteiger partial charge in [-0.2, -0.15) is 5.10 Å². The molecule has 3 aromatic rings. The molecule has 0 unspecified atom stereocenters. The molecule has 0 spiro atoms. The average molecular weight is 338 g/mol. The molecule has 2 heterocycles. The number of aromatic nitrogens is 4. The van der Waals surface area contributed by atoms with Gasteiger partial charge in [0.15, 0.2) is 5.82 Å². The highest BCUT2D eigenvalue weighted by atomic mass is 16.6. The highest BCUT2D eigenvalue weighted by Crippen LogP contribution is 2.18. The van der Waals surface area contributed by atoms with Crippen molar-refractivity contribution in [2.24, 2.45) is 0 Å². The molecule has 0 aliphatic carbocycles. The number of para-hydroxylation sites is 1. The van der Waals surface area contributed by atoms with Gasteiger partial charge in [0.2, 0.25) is 5.91 Å². The summed E-state index contributed by atoms with van der Waals surface area (Å²) in [5.41, 5.74) is 1.13. The van der Waals surface area contributed by atoms with Gasteiger partial charge in [-0.25, -0.2) is 14.6 Å². The lowest BCUT2D eigenvalue weighted by Gasteiger charge is -2.06. The third-order valence-electron chi connectivity index (χ3n) is 3.49. The van der Waals surface area contributed by atoms with Crippen molar-refractivity contribution in [2.45, 2.75) is 13.0 Å². The van der Waals surface area contributed by atoms with Gasteiger partial charge < -0.3 is 5.32 Å². The van der Waals surface area contributed by atoms with E-state index in [4.69, 9.17) is 0 Å². The summed E-state index contributed by atoms with van der Waals surface area (Å²) in [6, 6.07) is 9.78. The van der Waals surface area contributed by atoms with Crippen LogP contribution < -0.4 is 5.32 Å². The van der Waals surface area contributed by atoms with Gasteiger partial charge in [-0.15, -0.1) is 0 Å². The molecule has 0 atom stereocenters. The Labute approximate surface area is 142 Å². The second kappa shape index (κ2) is 7.30. The SMILES string of the molecule is O=C(Cc1ccccc1[N+](=O)[O-])NCc1ccc(-n2cncn2)nc1. The van der Waals surface area contributed by atoms with Gasteiger partial charge in [-0.05, 0) is 11.6 Å². The third-order valence-corrected chi connectivity index (χ3v) is 3.49. The number of nitrogens with one attached hydrogen (secondary N) is 1. The van der Waals surface area contributed by atoms with Crippen LogP contribution in [0.4, 0.5) is 5.69 Å². The number of carbonyl (C=O) groups excluding carboxylic acids is 1. The van der Waals surface area contributed by atoms with Crippen LogP contribution >= 0.6 is 0 Å². The maximum absolute atomic E-state index is 12.0. The summed E-state index contributed by atoms with van der Waals surface area (Å²) in [6.45, 7) is 0.282. The van der Waals surface area contributed by atoms with E-state index < -0.39 is 4.92 Å². The number of nitro groups is 1. The number of amides is 1. The van der Waals surface area contributed by atoms with Gasteiger partial charge in [-0.1, -0.05) is 24.3 Å². The zero-order valence-corrected chi connectivity index (χ0v) is 13.1. The number of nitrogens with zero attached hydrogens (tertiary/aromatic N) is 5. The third kappa shape index (κ3) is 4.02. The molecule has 1 amide bonds. The van der Waals surface area contributed by atoms with Crippen molar-refractivity contribution in [3.8, 4) is 5.82 Å². The number of carbonyl (C=O) groups is 1. The fourth-order valence-electron chi connectivity index (χ4n) is 2.26. The molecule has 0 radical (unpaired) electrons. The van der Waals surface area contributed by atoms with Gasteiger partial charge in [0.25, 0.3) is 5.69 Å². The van der Waals surface area contributed by atoms with Crippen LogP contribution in [0.1, 0.15) is 11.1 Å². The van der Waals surface area contributed by atoms with Crippen molar-refractivity contribution in [1.82, 2.24) is 25.1 Å². The minimum atomic E-state index is -0.491. The molecule has 126 valence electrons. The summed E-state index contributed by atoms with van der Waals surface area (Å²) in [5.74, 6) is 0.321. The summed E-state index contributed by atoms with van der Waals surface area (Å²) >= 11 is 0. The monoisotopic (exact) mass is 338 g/mol. The number of pyridine rings is 1. The van der Waals surface area contributed by atoms with Crippen molar-refractivity contribution >= 4 is 11.6 Å². The standard InChI is InChI=1S/C16H14N6O3/c23-16(7-13-3-1-2-4-14(13)22(24)25)19-9-12-5-6-15(18-8-12)21-11-17-10-20-21/h1-6,8,10-11H,7,9H2,(H,19,23). The largest absolute Gasteiger partial charge is 0.352 e. The van der Waals surface area contributed by atoms with E-state index in [0.29, 0.717) is 11.4 Å². The summed E-state index contributed by atoms with van der Waals surface area (Å²) in [6.07, 6.45) is 4.53. The predicted octanol–water partition coefficient (Wildman–Crippen LogP) is 1.43. The number of rotatable bonds is 6. The first-order valence-electron chi connectivity index (χ1n) is 7.42. The molecule has 0 aliphatic rings. The van der Waals surface area contributed by atoms with E-state index in [2.05, 4.69) is 20.4 Å². The van der Waals surface area contributed by atoms with Crippen LogP contribution in [-0.2, 0) is 17.8 Å². The highest BCUT2D eigenvalue weighted by molar-refractivity contribution is 5.79. The minimum Gasteiger partial charge on any atom is -0.352 e. The lowest BCUT2D eigenvalue weighted by atomic mass is 10.1. The van der Waals surface area contributed by atoms with E-state index in [1.54, 1.807) is 30.5 Å². The molecule has 25 heavy (non-hydrogen) atoms. The van der Waals surface area contributed by atoms with E-state index in [0.717, 1.165) is 5.56 Å². The minimum absolute atomic E-state index is 0.0539. The van der Waals surface area contributed by atoms with Crippen LogP contribution in [0.15, 0.2) is 55.2 Å². The first kappa shape index (κ1) is 16.2. The molecule has 1 aromatic carbocycles. The molecule has 0 bridgehead atoms. The second-order valence-electron chi connectivity index (χ2n) is 5.20. The van der Waals surface area contributed by atoms with E-state index in [9.17, 15) is 14.9 Å². The highest BCUT2D eigenvalue weighted by Gasteiger charge is 2.15. The average Bonchev–Trinajstić information content (AvgIpc) is 3.15. The van der Waals surface area contributed by atoms with Crippen molar-refractivity contribution in [1.29, 1.82) is 0 Å². The first-order chi connectivity index (χ1) is 12.1. The van der Waals surface area contributed by atoms with E-state index in [1.807, 2.05) is 6.07 Å². The van der Waals surface area contributed by atoms with Crippen LogP contribution in [-0.4, -0.2) is 30.6 Å². The fraction of sp³-hybridized carbons (Fsp3) is 0.125. The summed E-state index contributed by atoms with van der Waals surface area (Å²) in [7, 11) is 0.